The molecule has 0 bridgehead atoms. The van der Waals surface area contributed by atoms with Gasteiger partial charge in [0, 0.05) is 17.1 Å². The van der Waals surface area contributed by atoms with Crippen molar-refractivity contribution in [3.05, 3.63) is 34.3 Å². The van der Waals surface area contributed by atoms with E-state index in [-0.39, 0.29) is 12.1 Å². The Balaban J connectivity index is 2.16. The predicted octanol–water partition coefficient (Wildman–Crippen LogP) is 4.23. The highest BCUT2D eigenvalue weighted by Gasteiger charge is 2.32. The summed E-state index contributed by atoms with van der Waals surface area (Å²) in [5, 5.41) is 0.571. The van der Waals surface area contributed by atoms with Crippen LogP contribution in [0.2, 0.25) is 5.02 Å². The van der Waals surface area contributed by atoms with Gasteiger partial charge in [0.25, 0.3) is 0 Å². The molecule has 2 rings (SSSR count). The number of halogens is 1. The van der Waals surface area contributed by atoms with E-state index in [1.807, 2.05) is 0 Å². The van der Waals surface area contributed by atoms with E-state index in [4.69, 9.17) is 16.3 Å². The summed E-state index contributed by atoms with van der Waals surface area (Å²) in [5.41, 5.74) is 1.39. The lowest BCUT2D eigenvalue weighted by Gasteiger charge is -2.25. The monoisotopic (exact) mass is 309 g/mol. The second-order valence-electron chi connectivity index (χ2n) is 5.21. The number of nitrogens with zero attached hydrogens (tertiary/aromatic N) is 1. The third-order valence-corrected chi connectivity index (χ3v) is 3.98. The number of unbranched alkanes of at least 4 members (excludes halogenated alkanes) is 1. The molecule has 0 aromatic heterocycles. The normalized spacial score (nSPS) is 17.8. The summed E-state index contributed by atoms with van der Waals surface area (Å²) in [5.74, 6) is 0. The molecule has 1 heterocycles. The molecule has 0 spiro atoms. The van der Waals surface area contributed by atoms with E-state index in [1.54, 1.807) is 23.1 Å². The molecular weight excluding hydrogens is 290 g/mol. The molecule has 0 saturated carbocycles. The van der Waals surface area contributed by atoms with E-state index in [9.17, 15) is 9.59 Å². The summed E-state index contributed by atoms with van der Waals surface area (Å²) < 4.78 is 5.29. The molecule has 1 atom stereocenters. The Labute approximate surface area is 130 Å². The first kappa shape index (κ1) is 15.8. The van der Waals surface area contributed by atoms with Crippen LogP contribution in [0.1, 0.15) is 54.6 Å². The van der Waals surface area contributed by atoms with Crippen molar-refractivity contribution < 1.29 is 14.3 Å². The summed E-state index contributed by atoms with van der Waals surface area (Å²) in [6.07, 6.45) is 4.08. The minimum absolute atomic E-state index is 0.127. The van der Waals surface area contributed by atoms with Gasteiger partial charge in [-0.2, -0.15) is 0 Å². The Kier molecular flexibility index (Phi) is 5.62. The van der Waals surface area contributed by atoms with Gasteiger partial charge in [-0.15, -0.1) is 0 Å². The first-order valence-corrected chi connectivity index (χ1v) is 7.73. The fourth-order valence-electron chi connectivity index (χ4n) is 2.64. The number of carbonyl (C=O) groups is 2. The van der Waals surface area contributed by atoms with Crippen LogP contribution >= 0.6 is 11.6 Å². The largest absolute Gasteiger partial charge is 0.449 e. The van der Waals surface area contributed by atoms with Crippen LogP contribution in [0.5, 0.6) is 0 Å². The Morgan fingerprint density at radius 2 is 2.33 bits per heavy atom. The van der Waals surface area contributed by atoms with Crippen molar-refractivity contribution in [2.24, 2.45) is 0 Å². The van der Waals surface area contributed by atoms with Crippen molar-refractivity contribution in [2.45, 2.75) is 38.6 Å². The van der Waals surface area contributed by atoms with E-state index >= 15 is 0 Å². The molecule has 1 aliphatic heterocycles. The summed E-state index contributed by atoms with van der Waals surface area (Å²) in [6.45, 7) is 3.14. The molecule has 4 nitrogen and oxygen atoms in total. The fraction of sp³-hybridized carbons (Fsp3) is 0.500. The molecule has 1 saturated heterocycles. The Morgan fingerprint density at radius 3 is 3.05 bits per heavy atom. The van der Waals surface area contributed by atoms with Gasteiger partial charge < -0.3 is 9.64 Å². The third kappa shape index (κ3) is 3.76. The van der Waals surface area contributed by atoms with Gasteiger partial charge in [0.1, 0.15) is 6.29 Å². The smallest absolute Gasteiger partial charge is 0.410 e. The number of benzene rings is 1. The minimum atomic E-state index is -0.303. The number of rotatable bonds is 5. The van der Waals surface area contributed by atoms with Crippen LogP contribution in [0, 0.1) is 0 Å². The van der Waals surface area contributed by atoms with Crippen molar-refractivity contribution in [2.75, 3.05) is 13.2 Å². The van der Waals surface area contributed by atoms with E-state index in [1.165, 1.54) is 0 Å². The number of aldehydes is 1. The van der Waals surface area contributed by atoms with Crippen molar-refractivity contribution in [3.63, 3.8) is 0 Å². The molecule has 1 amide bonds. The van der Waals surface area contributed by atoms with Crippen molar-refractivity contribution in [3.8, 4) is 0 Å². The molecule has 1 unspecified atom stereocenters. The molecule has 21 heavy (non-hydrogen) atoms. The average Bonchev–Trinajstić information content (AvgIpc) is 2.96. The maximum absolute atomic E-state index is 12.2. The SMILES string of the molecule is CCCCOC(=O)N1CCCC1c1cc(Cl)ccc1C=O. The first-order valence-electron chi connectivity index (χ1n) is 7.35. The van der Waals surface area contributed by atoms with Crippen LogP contribution in [-0.2, 0) is 4.74 Å². The highest BCUT2D eigenvalue weighted by Crippen LogP contribution is 2.35. The molecule has 0 aliphatic carbocycles. The predicted molar refractivity (Wildman–Crippen MR) is 81.8 cm³/mol. The molecule has 1 fully saturated rings. The summed E-state index contributed by atoms with van der Waals surface area (Å²) in [6, 6.07) is 5.03. The molecular formula is C16H20ClNO3. The Morgan fingerprint density at radius 1 is 1.52 bits per heavy atom. The van der Waals surface area contributed by atoms with Gasteiger partial charge in [0.2, 0.25) is 0 Å². The highest BCUT2D eigenvalue weighted by atomic mass is 35.5. The lowest BCUT2D eigenvalue weighted by atomic mass is 9.99. The van der Waals surface area contributed by atoms with E-state index < -0.39 is 0 Å². The van der Waals surface area contributed by atoms with E-state index in [0.29, 0.717) is 23.7 Å². The summed E-state index contributed by atoms with van der Waals surface area (Å²) >= 11 is 6.03. The van der Waals surface area contributed by atoms with Crippen LogP contribution < -0.4 is 0 Å². The summed E-state index contributed by atoms with van der Waals surface area (Å²) in [4.78, 5) is 25.1. The number of likely N-dealkylation sites (tertiary alicyclic amines) is 1. The Bertz CT molecular complexity index is 518. The van der Waals surface area contributed by atoms with Gasteiger partial charge in [-0.3, -0.25) is 4.79 Å². The van der Waals surface area contributed by atoms with Crippen molar-refractivity contribution in [1.29, 1.82) is 0 Å². The van der Waals surface area contributed by atoms with Crippen LogP contribution in [0.15, 0.2) is 18.2 Å². The van der Waals surface area contributed by atoms with Gasteiger partial charge >= 0.3 is 6.09 Å². The van der Waals surface area contributed by atoms with Gasteiger partial charge in [-0.25, -0.2) is 4.79 Å². The van der Waals surface area contributed by atoms with Crippen LogP contribution in [-0.4, -0.2) is 30.4 Å². The second kappa shape index (κ2) is 7.46. The van der Waals surface area contributed by atoms with E-state index in [2.05, 4.69) is 6.92 Å². The molecule has 1 aliphatic rings. The number of ether oxygens (including phenoxy) is 1. The first-order chi connectivity index (χ1) is 10.2. The van der Waals surface area contributed by atoms with Gasteiger partial charge in [-0.1, -0.05) is 24.9 Å². The quantitative estimate of drug-likeness (QED) is 0.604. The number of amides is 1. The second-order valence-corrected chi connectivity index (χ2v) is 5.65. The molecule has 0 N–H and O–H groups in total. The molecule has 5 heteroatoms. The number of hydrogen-bond donors (Lipinski definition) is 0. The van der Waals surface area contributed by atoms with Crippen LogP contribution in [0.3, 0.4) is 0 Å². The molecule has 0 radical (unpaired) electrons. The summed E-state index contributed by atoms with van der Waals surface area (Å²) in [7, 11) is 0. The number of carbonyl (C=O) groups excluding carboxylic acids is 2. The fourth-order valence-corrected chi connectivity index (χ4v) is 2.82. The standard InChI is InChI=1S/C16H20ClNO3/c1-2-3-9-21-16(20)18-8-4-5-15(18)14-10-13(17)7-6-12(14)11-19/h6-7,10-11,15H,2-5,8-9H2,1H3. The van der Waals surface area contributed by atoms with Gasteiger partial charge in [-0.05, 0) is 43.0 Å². The molecule has 1 aromatic carbocycles. The van der Waals surface area contributed by atoms with E-state index in [0.717, 1.165) is 37.5 Å². The zero-order valence-electron chi connectivity index (χ0n) is 12.2. The lowest BCUT2D eigenvalue weighted by molar-refractivity contribution is 0.0962. The third-order valence-electron chi connectivity index (χ3n) is 3.75. The minimum Gasteiger partial charge on any atom is -0.449 e. The van der Waals surface area contributed by atoms with Gasteiger partial charge in [0.15, 0.2) is 0 Å². The topological polar surface area (TPSA) is 46.6 Å². The average molecular weight is 310 g/mol. The molecule has 1 aromatic rings. The molecule has 114 valence electrons. The van der Waals surface area contributed by atoms with Crippen molar-refractivity contribution >= 4 is 24.0 Å². The van der Waals surface area contributed by atoms with Crippen LogP contribution in [0.25, 0.3) is 0 Å². The Hall–Kier alpha value is -1.55. The zero-order valence-corrected chi connectivity index (χ0v) is 12.9. The number of hydrogen-bond acceptors (Lipinski definition) is 3. The van der Waals surface area contributed by atoms with Gasteiger partial charge in [0.05, 0.1) is 12.6 Å². The zero-order chi connectivity index (χ0) is 15.2. The maximum atomic E-state index is 12.2. The van der Waals surface area contributed by atoms with Crippen LogP contribution in [0.4, 0.5) is 4.79 Å². The maximum Gasteiger partial charge on any atom is 0.410 e. The van der Waals surface area contributed by atoms with Crippen molar-refractivity contribution in [1.82, 2.24) is 4.90 Å². The lowest BCUT2D eigenvalue weighted by Crippen LogP contribution is -2.31. The highest BCUT2D eigenvalue weighted by molar-refractivity contribution is 6.30.